The van der Waals surface area contributed by atoms with Crippen molar-refractivity contribution in [2.24, 2.45) is 5.92 Å². The minimum absolute atomic E-state index is 0.0247. The zero-order valence-corrected chi connectivity index (χ0v) is 13.2. The molecule has 0 spiro atoms. The molecular formula is C16H26FN3. The van der Waals surface area contributed by atoms with Crippen LogP contribution >= 0.6 is 0 Å². The fraction of sp³-hybridized carbons (Fsp3) is 0.688. The van der Waals surface area contributed by atoms with Crippen LogP contribution in [0.15, 0.2) is 12.3 Å². The molecule has 0 amide bonds. The van der Waals surface area contributed by atoms with Crippen molar-refractivity contribution in [3.63, 3.8) is 0 Å². The monoisotopic (exact) mass is 279 g/mol. The van der Waals surface area contributed by atoms with Gasteiger partial charge in [0.05, 0.1) is 0 Å². The number of halogens is 1. The third-order valence-corrected chi connectivity index (χ3v) is 4.01. The van der Waals surface area contributed by atoms with Gasteiger partial charge >= 0.3 is 0 Å². The second-order valence-electron chi connectivity index (χ2n) is 6.90. The summed E-state index contributed by atoms with van der Waals surface area (Å²) in [6.45, 7) is 8.91. The largest absolute Gasteiger partial charge is 0.354 e. The quantitative estimate of drug-likeness (QED) is 0.896. The zero-order chi connectivity index (χ0) is 14.9. The maximum absolute atomic E-state index is 14.6. The molecule has 1 saturated carbocycles. The molecule has 3 nitrogen and oxygen atoms in total. The highest BCUT2D eigenvalue weighted by molar-refractivity contribution is 5.43. The Labute approximate surface area is 121 Å². The number of rotatable bonds is 5. The van der Waals surface area contributed by atoms with Crippen molar-refractivity contribution in [1.29, 1.82) is 0 Å². The van der Waals surface area contributed by atoms with E-state index in [4.69, 9.17) is 0 Å². The summed E-state index contributed by atoms with van der Waals surface area (Å²) in [5, 5.41) is 3.32. The van der Waals surface area contributed by atoms with Gasteiger partial charge in [0.1, 0.15) is 0 Å². The first-order chi connectivity index (χ1) is 9.29. The molecule has 1 N–H and O–H groups in total. The van der Waals surface area contributed by atoms with E-state index in [0.29, 0.717) is 29.9 Å². The Morgan fingerprint density at radius 3 is 2.65 bits per heavy atom. The Morgan fingerprint density at radius 1 is 1.45 bits per heavy atom. The summed E-state index contributed by atoms with van der Waals surface area (Å²) < 4.78 is 14.6. The molecule has 1 aliphatic rings. The highest BCUT2D eigenvalue weighted by Crippen LogP contribution is 2.36. The molecule has 1 aromatic heterocycles. The van der Waals surface area contributed by atoms with Gasteiger partial charge < -0.3 is 10.2 Å². The smallest absolute Gasteiger partial charge is 0.170 e. The van der Waals surface area contributed by atoms with E-state index in [1.165, 1.54) is 12.8 Å². The third kappa shape index (κ3) is 3.69. The predicted molar refractivity (Wildman–Crippen MR) is 81.4 cm³/mol. The van der Waals surface area contributed by atoms with Gasteiger partial charge in [-0.1, -0.05) is 0 Å². The van der Waals surface area contributed by atoms with Crippen LogP contribution in [-0.2, 0) is 6.54 Å². The fourth-order valence-corrected chi connectivity index (χ4v) is 2.30. The standard InChI is InChI=1S/C16H26FN3/c1-11(12-6-7-12)20(5)15-14(17)13(8-9-18-15)10-19-16(2,3)4/h8-9,11-12,19H,6-7,10H2,1-5H3. The van der Waals surface area contributed by atoms with E-state index in [-0.39, 0.29) is 11.4 Å². The van der Waals surface area contributed by atoms with Crippen molar-refractivity contribution >= 4 is 5.82 Å². The molecule has 1 aromatic rings. The van der Waals surface area contributed by atoms with Gasteiger partial charge in [-0.2, -0.15) is 0 Å². The van der Waals surface area contributed by atoms with E-state index < -0.39 is 0 Å². The Morgan fingerprint density at radius 2 is 2.10 bits per heavy atom. The van der Waals surface area contributed by atoms with E-state index in [1.807, 2.05) is 11.9 Å². The molecule has 0 aliphatic heterocycles. The molecule has 2 rings (SSSR count). The van der Waals surface area contributed by atoms with Gasteiger partial charge in [-0.05, 0) is 52.5 Å². The Balaban J connectivity index is 2.13. The first kappa shape index (κ1) is 15.2. The first-order valence-corrected chi connectivity index (χ1v) is 7.41. The van der Waals surface area contributed by atoms with Crippen molar-refractivity contribution in [1.82, 2.24) is 10.3 Å². The normalized spacial score (nSPS) is 17.1. The van der Waals surface area contributed by atoms with Gasteiger partial charge in [-0.15, -0.1) is 0 Å². The molecule has 1 heterocycles. The van der Waals surface area contributed by atoms with Gasteiger partial charge in [0.2, 0.25) is 0 Å². The molecule has 4 heteroatoms. The molecular weight excluding hydrogens is 253 g/mol. The average molecular weight is 279 g/mol. The maximum Gasteiger partial charge on any atom is 0.170 e. The van der Waals surface area contributed by atoms with Crippen molar-refractivity contribution in [3.05, 3.63) is 23.6 Å². The zero-order valence-electron chi connectivity index (χ0n) is 13.2. The van der Waals surface area contributed by atoms with E-state index >= 15 is 0 Å². The Kier molecular flexibility index (Phi) is 4.33. The van der Waals surface area contributed by atoms with Crippen LogP contribution in [0.3, 0.4) is 0 Å². The third-order valence-electron chi connectivity index (χ3n) is 4.01. The van der Waals surface area contributed by atoms with Gasteiger partial charge in [-0.25, -0.2) is 9.37 Å². The molecule has 20 heavy (non-hydrogen) atoms. The fourth-order valence-electron chi connectivity index (χ4n) is 2.30. The van der Waals surface area contributed by atoms with Gasteiger partial charge in [0.25, 0.3) is 0 Å². The molecule has 1 aliphatic carbocycles. The molecule has 112 valence electrons. The van der Waals surface area contributed by atoms with Crippen LogP contribution in [-0.4, -0.2) is 23.6 Å². The summed E-state index contributed by atoms with van der Waals surface area (Å²) in [5.74, 6) is 0.967. The SMILES string of the molecule is CC(C1CC1)N(C)c1nccc(CNC(C)(C)C)c1F. The highest BCUT2D eigenvalue weighted by Gasteiger charge is 2.32. The van der Waals surface area contributed by atoms with Crippen LogP contribution in [0.1, 0.15) is 46.1 Å². The number of anilines is 1. The van der Waals surface area contributed by atoms with Gasteiger partial charge in [0, 0.05) is 36.9 Å². The van der Waals surface area contributed by atoms with Gasteiger partial charge in [0.15, 0.2) is 11.6 Å². The minimum Gasteiger partial charge on any atom is -0.354 e. The van der Waals surface area contributed by atoms with Crippen LogP contribution < -0.4 is 10.2 Å². The molecule has 1 unspecified atom stereocenters. The van der Waals surface area contributed by atoms with Crippen LogP contribution in [0.2, 0.25) is 0 Å². The molecule has 0 radical (unpaired) electrons. The molecule has 0 saturated heterocycles. The van der Waals surface area contributed by atoms with E-state index in [0.717, 1.165) is 0 Å². The number of nitrogens with one attached hydrogen (secondary N) is 1. The van der Waals surface area contributed by atoms with E-state index in [1.54, 1.807) is 12.3 Å². The number of hydrogen-bond acceptors (Lipinski definition) is 3. The molecule has 0 bridgehead atoms. The second kappa shape index (κ2) is 5.68. The summed E-state index contributed by atoms with van der Waals surface area (Å²) in [6, 6.07) is 2.11. The number of aromatic nitrogens is 1. The van der Waals surface area contributed by atoms with Crippen LogP contribution in [0.4, 0.5) is 10.2 Å². The van der Waals surface area contributed by atoms with Crippen molar-refractivity contribution in [3.8, 4) is 0 Å². The highest BCUT2D eigenvalue weighted by atomic mass is 19.1. The summed E-state index contributed by atoms with van der Waals surface area (Å²) in [6.07, 6.45) is 4.20. The second-order valence-corrected chi connectivity index (χ2v) is 6.90. The predicted octanol–water partition coefficient (Wildman–Crippen LogP) is 3.34. The lowest BCUT2D eigenvalue weighted by molar-refractivity contribution is 0.418. The summed E-state index contributed by atoms with van der Waals surface area (Å²) in [5.41, 5.74) is 0.656. The molecule has 0 aromatic carbocycles. The number of pyridine rings is 1. The van der Waals surface area contributed by atoms with Crippen molar-refractivity contribution in [2.75, 3.05) is 11.9 Å². The van der Waals surface area contributed by atoms with Crippen LogP contribution in [0, 0.1) is 11.7 Å². The number of hydrogen-bond donors (Lipinski definition) is 1. The first-order valence-electron chi connectivity index (χ1n) is 7.41. The summed E-state index contributed by atoms with van der Waals surface area (Å²) in [4.78, 5) is 6.22. The molecule has 1 fully saturated rings. The lowest BCUT2D eigenvalue weighted by atomic mass is 10.1. The molecule has 1 atom stereocenters. The average Bonchev–Trinajstić information content (AvgIpc) is 3.19. The van der Waals surface area contributed by atoms with Crippen LogP contribution in [0.5, 0.6) is 0 Å². The van der Waals surface area contributed by atoms with Gasteiger partial charge in [-0.3, -0.25) is 0 Å². The van der Waals surface area contributed by atoms with Crippen molar-refractivity contribution in [2.45, 2.75) is 58.7 Å². The topological polar surface area (TPSA) is 28.2 Å². The Hall–Kier alpha value is -1.16. The number of nitrogens with zero attached hydrogens (tertiary/aromatic N) is 2. The summed E-state index contributed by atoms with van der Waals surface area (Å²) in [7, 11) is 1.94. The summed E-state index contributed by atoms with van der Waals surface area (Å²) >= 11 is 0. The van der Waals surface area contributed by atoms with Crippen molar-refractivity contribution < 1.29 is 4.39 Å². The lowest BCUT2D eigenvalue weighted by Gasteiger charge is -2.27. The lowest BCUT2D eigenvalue weighted by Crippen LogP contribution is -2.36. The minimum atomic E-state index is -0.195. The Bertz CT molecular complexity index is 463. The van der Waals surface area contributed by atoms with E-state index in [9.17, 15) is 4.39 Å². The van der Waals surface area contributed by atoms with E-state index in [2.05, 4.69) is 38.0 Å². The maximum atomic E-state index is 14.6. The van der Waals surface area contributed by atoms with Crippen LogP contribution in [0.25, 0.3) is 0 Å².